The van der Waals surface area contributed by atoms with Gasteiger partial charge in [0.15, 0.2) is 0 Å². The molecule has 0 spiro atoms. The quantitative estimate of drug-likeness (QED) is 0.662. The van der Waals surface area contributed by atoms with Crippen LogP contribution in [0.25, 0.3) is 0 Å². The summed E-state index contributed by atoms with van der Waals surface area (Å²) in [7, 11) is 0. The molecule has 15 heavy (non-hydrogen) atoms. The van der Waals surface area contributed by atoms with Crippen molar-refractivity contribution in [2.24, 2.45) is 0 Å². The predicted molar refractivity (Wildman–Crippen MR) is 54.0 cm³/mol. The van der Waals surface area contributed by atoms with Gasteiger partial charge >= 0.3 is 0 Å². The van der Waals surface area contributed by atoms with E-state index in [9.17, 15) is 4.79 Å². The van der Waals surface area contributed by atoms with Crippen LogP contribution in [0, 0.1) is 0 Å². The molecule has 1 fully saturated rings. The van der Waals surface area contributed by atoms with Crippen LogP contribution in [-0.4, -0.2) is 38.3 Å². The Kier molecular flexibility index (Phi) is 3.45. The Morgan fingerprint density at radius 2 is 2.47 bits per heavy atom. The minimum atomic E-state index is -0.177. The second-order valence-corrected chi connectivity index (χ2v) is 3.72. The van der Waals surface area contributed by atoms with E-state index in [1.54, 1.807) is 0 Å². The standard InChI is InChI=1S/C10H16N2O3/c13-10(9-7-14-4-5-15-9)12-8-2-1-3-11-6-8/h7-8,11H,1-6H2,(H,12,13)/t8-/m1/s1. The smallest absolute Gasteiger partial charge is 0.289 e. The third-order valence-electron chi connectivity index (χ3n) is 2.51. The fourth-order valence-corrected chi connectivity index (χ4v) is 1.72. The molecule has 1 saturated heterocycles. The van der Waals surface area contributed by atoms with Gasteiger partial charge in [0.25, 0.3) is 5.91 Å². The first-order valence-corrected chi connectivity index (χ1v) is 5.32. The third kappa shape index (κ3) is 2.86. The summed E-state index contributed by atoms with van der Waals surface area (Å²) in [4.78, 5) is 11.7. The fraction of sp³-hybridized carbons (Fsp3) is 0.700. The van der Waals surface area contributed by atoms with Gasteiger partial charge in [-0.3, -0.25) is 4.79 Å². The van der Waals surface area contributed by atoms with Crippen LogP contribution in [-0.2, 0) is 14.3 Å². The third-order valence-corrected chi connectivity index (χ3v) is 2.51. The largest absolute Gasteiger partial charge is 0.494 e. The molecular weight excluding hydrogens is 196 g/mol. The molecule has 0 radical (unpaired) electrons. The van der Waals surface area contributed by atoms with E-state index >= 15 is 0 Å². The van der Waals surface area contributed by atoms with Crippen LogP contribution >= 0.6 is 0 Å². The molecule has 0 unspecified atom stereocenters. The first-order chi connectivity index (χ1) is 7.36. The summed E-state index contributed by atoms with van der Waals surface area (Å²) in [6.07, 6.45) is 3.50. The van der Waals surface area contributed by atoms with Crippen molar-refractivity contribution in [3.8, 4) is 0 Å². The number of carbonyl (C=O) groups excluding carboxylic acids is 1. The number of carbonyl (C=O) groups is 1. The van der Waals surface area contributed by atoms with E-state index in [1.165, 1.54) is 6.26 Å². The van der Waals surface area contributed by atoms with Crippen LogP contribution in [0.1, 0.15) is 12.8 Å². The number of piperidine rings is 1. The van der Waals surface area contributed by atoms with E-state index < -0.39 is 0 Å². The number of ether oxygens (including phenoxy) is 2. The Hall–Kier alpha value is -1.23. The highest BCUT2D eigenvalue weighted by molar-refractivity contribution is 5.91. The van der Waals surface area contributed by atoms with E-state index in [0.29, 0.717) is 13.2 Å². The maximum atomic E-state index is 11.7. The Balaban J connectivity index is 1.82. The Bertz CT molecular complexity index is 259. The van der Waals surface area contributed by atoms with Crippen LogP contribution in [0.15, 0.2) is 12.0 Å². The number of nitrogens with one attached hydrogen (secondary N) is 2. The summed E-state index contributed by atoms with van der Waals surface area (Å²) in [5.74, 6) is 0.107. The van der Waals surface area contributed by atoms with Gasteiger partial charge in [0, 0.05) is 12.6 Å². The van der Waals surface area contributed by atoms with Crippen molar-refractivity contribution >= 4 is 5.91 Å². The maximum Gasteiger partial charge on any atom is 0.289 e. The van der Waals surface area contributed by atoms with Crippen molar-refractivity contribution in [3.63, 3.8) is 0 Å². The lowest BCUT2D eigenvalue weighted by molar-refractivity contribution is -0.123. The first kappa shape index (κ1) is 10.3. The van der Waals surface area contributed by atoms with Crippen LogP contribution in [0.3, 0.4) is 0 Å². The Morgan fingerprint density at radius 3 is 3.13 bits per heavy atom. The van der Waals surface area contributed by atoms with Gasteiger partial charge in [-0.15, -0.1) is 0 Å². The Morgan fingerprint density at radius 1 is 1.53 bits per heavy atom. The van der Waals surface area contributed by atoms with Gasteiger partial charge in [-0.1, -0.05) is 0 Å². The lowest BCUT2D eigenvalue weighted by atomic mass is 10.1. The van der Waals surface area contributed by atoms with Crippen molar-refractivity contribution in [3.05, 3.63) is 12.0 Å². The number of rotatable bonds is 2. The molecule has 0 aromatic rings. The zero-order valence-electron chi connectivity index (χ0n) is 8.62. The van der Waals surface area contributed by atoms with E-state index in [-0.39, 0.29) is 17.7 Å². The van der Waals surface area contributed by atoms with Gasteiger partial charge < -0.3 is 20.1 Å². The molecule has 84 valence electrons. The molecule has 0 aliphatic carbocycles. The SMILES string of the molecule is O=C(N[C@@H]1CCCNC1)C1=COCCO1. The van der Waals surface area contributed by atoms with E-state index in [0.717, 1.165) is 25.9 Å². The summed E-state index contributed by atoms with van der Waals surface area (Å²) in [6.45, 7) is 2.83. The van der Waals surface area contributed by atoms with Gasteiger partial charge in [0.1, 0.15) is 19.5 Å². The first-order valence-electron chi connectivity index (χ1n) is 5.32. The zero-order chi connectivity index (χ0) is 10.5. The number of hydrogen-bond donors (Lipinski definition) is 2. The monoisotopic (exact) mass is 212 g/mol. The summed E-state index contributed by atoms with van der Waals surface area (Å²) >= 11 is 0. The molecule has 2 aliphatic rings. The molecule has 0 aromatic carbocycles. The molecule has 1 amide bonds. The van der Waals surface area contributed by atoms with Crippen molar-refractivity contribution in [1.29, 1.82) is 0 Å². The number of hydrogen-bond acceptors (Lipinski definition) is 4. The van der Waals surface area contributed by atoms with E-state index in [1.807, 2.05) is 0 Å². The van der Waals surface area contributed by atoms with E-state index in [2.05, 4.69) is 10.6 Å². The minimum Gasteiger partial charge on any atom is -0.494 e. The molecular formula is C10H16N2O3. The molecule has 2 heterocycles. The van der Waals surface area contributed by atoms with Gasteiger partial charge in [0.2, 0.25) is 5.76 Å². The Labute approximate surface area is 88.8 Å². The molecule has 0 saturated carbocycles. The van der Waals surface area contributed by atoms with Gasteiger partial charge in [-0.25, -0.2) is 0 Å². The van der Waals surface area contributed by atoms with Crippen LogP contribution in [0.2, 0.25) is 0 Å². The summed E-state index contributed by atoms with van der Waals surface area (Å²) in [6, 6.07) is 0.206. The van der Waals surface area contributed by atoms with Gasteiger partial charge in [0.05, 0.1) is 0 Å². The minimum absolute atomic E-state index is 0.177. The van der Waals surface area contributed by atoms with Crippen LogP contribution in [0.4, 0.5) is 0 Å². The van der Waals surface area contributed by atoms with Gasteiger partial charge in [-0.2, -0.15) is 0 Å². The van der Waals surface area contributed by atoms with Crippen molar-refractivity contribution < 1.29 is 14.3 Å². The fourth-order valence-electron chi connectivity index (χ4n) is 1.72. The summed E-state index contributed by atoms with van der Waals surface area (Å²) < 4.78 is 10.2. The highest BCUT2D eigenvalue weighted by Crippen LogP contribution is 2.07. The molecule has 2 N–H and O–H groups in total. The molecule has 1 atom stereocenters. The predicted octanol–water partition coefficient (Wildman–Crippen LogP) is -0.257. The van der Waals surface area contributed by atoms with Gasteiger partial charge in [-0.05, 0) is 19.4 Å². The number of amides is 1. The van der Waals surface area contributed by atoms with Crippen LogP contribution in [0.5, 0.6) is 0 Å². The normalized spacial score (nSPS) is 25.9. The van der Waals surface area contributed by atoms with Crippen molar-refractivity contribution in [2.75, 3.05) is 26.3 Å². The second-order valence-electron chi connectivity index (χ2n) is 3.72. The lowest BCUT2D eigenvalue weighted by Crippen LogP contribution is -2.46. The molecule has 5 heteroatoms. The average molecular weight is 212 g/mol. The average Bonchev–Trinajstić information content (AvgIpc) is 2.31. The van der Waals surface area contributed by atoms with Crippen molar-refractivity contribution in [1.82, 2.24) is 10.6 Å². The topological polar surface area (TPSA) is 59.6 Å². The lowest BCUT2D eigenvalue weighted by Gasteiger charge is -2.24. The van der Waals surface area contributed by atoms with Crippen molar-refractivity contribution in [2.45, 2.75) is 18.9 Å². The summed E-state index contributed by atoms with van der Waals surface area (Å²) in [5, 5.41) is 6.15. The maximum absolute atomic E-state index is 11.7. The molecule has 5 nitrogen and oxygen atoms in total. The molecule has 0 bridgehead atoms. The summed E-state index contributed by atoms with van der Waals surface area (Å²) in [5.41, 5.74) is 0. The van der Waals surface area contributed by atoms with Crippen LogP contribution < -0.4 is 10.6 Å². The molecule has 2 rings (SSSR count). The highest BCUT2D eigenvalue weighted by atomic mass is 16.6. The highest BCUT2D eigenvalue weighted by Gasteiger charge is 2.20. The zero-order valence-corrected chi connectivity index (χ0v) is 8.62. The molecule has 0 aromatic heterocycles. The van der Waals surface area contributed by atoms with E-state index in [4.69, 9.17) is 9.47 Å². The second kappa shape index (κ2) is 5.02. The molecule has 2 aliphatic heterocycles.